The second kappa shape index (κ2) is 5.53. The lowest BCUT2D eigenvalue weighted by Gasteiger charge is -2.24. The Morgan fingerprint density at radius 2 is 1.83 bits per heavy atom. The van der Waals surface area contributed by atoms with E-state index in [1.54, 1.807) is 0 Å². The van der Waals surface area contributed by atoms with Gasteiger partial charge in [-0.1, -0.05) is 13.8 Å². The number of hydrogen-bond donors (Lipinski definition) is 0. The van der Waals surface area contributed by atoms with Crippen LogP contribution in [0, 0.1) is 0 Å². The zero-order chi connectivity index (χ0) is 9.61. The zero-order valence-electron chi connectivity index (χ0n) is 8.22. The van der Waals surface area contributed by atoms with Gasteiger partial charge < -0.3 is 4.74 Å². The summed E-state index contributed by atoms with van der Waals surface area (Å²) >= 11 is 0. The highest BCUT2D eigenvalue weighted by atomic mass is 31.0. The quantitative estimate of drug-likeness (QED) is 0.491. The summed E-state index contributed by atoms with van der Waals surface area (Å²) in [5.41, 5.74) is 0. The Balaban J connectivity index is 3.93. The van der Waals surface area contributed by atoms with Crippen molar-refractivity contribution in [3.63, 3.8) is 0 Å². The van der Waals surface area contributed by atoms with Gasteiger partial charge in [0, 0.05) is 0 Å². The van der Waals surface area contributed by atoms with Crippen molar-refractivity contribution in [3.05, 3.63) is 0 Å². The standard InChI is InChI=1S/C9H19O2P/c1-4-9(12,5-2)7-8(10)11-6-3/h4-7,12H2,1-3H3. The molecule has 0 saturated carbocycles. The minimum atomic E-state index is -0.0869. The van der Waals surface area contributed by atoms with Crippen molar-refractivity contribution in [2.75, 3.05) is 6.61 Å². The van der Waals surface area contributed by atoms with Crippen LogP contribution < -0.4 is 0 Å². The molecule has 0 aliphatic rings. The van der Waals surface area contributed by atoms with Gasteiger partial charge in [-0.2, -0.15) is 0 Å². The van der Waals surface area contributed by atoms with E-state index in [2.05, 4.69) is 23.1 Å². The summed E-state index contributed by atoms with van der Waals surface area (Å²) < 4.78 is 4.89. The predicted molar refractivity (Wildman–Crippen MR) is 54.3 cm³/mol. The normalized spacial score (nSPS) is 11.3. The molecule has 0 saturated heterocycles. The molecule has 3 heteroatoms. The maximum atomic E-state index is 11.1. The highest BCUT2D eigenvalue weighted by Gasteiger charge is 2.24. The summed E-state index contributed by atoms with van der Waals surface area (Å²) in [6.07, 6.45) is 2.50. The molecule has 72 valence electrons. The Hall–Kier alpha value is -0.100. The molecule has 0 amide bonds. The van der Waals surface area contributed by atoms with E-state index in [0.29, 0.717) is 13.0 Å². The maximum absolute atomic E-state index is 11.1. The third-order valence-corrected chi connectivity index (χ3v) is 3.23. The van der Waals surface area contributed by atoms with E-state index in [1.807, 2.05) is 6.92 Å². The maximum Gasteiger partial charge on any atom is 0.306 e. The topological polar surface area (TPSA) is 26.3 Å². The van der Waals surface area contributed by atoms with Gasteiger partial charge in [-0.25, -0.2) is 0 Å². The Bertz CT molecular complexity index is 141. The number of ether oxygens (including phenoxy) is 1. The van der Waals surface area contributed by atoms with Gasteiger partial charge in [-0.15, -0.1) is 9.24 Å². The first-order valence-electron chi connectivity index (χ1n) is 4.52. The lowest BCUT2D eigenvalue weighted by molar-refractivity contribution is -0.143. The van der Waals surface area contributed by atoms with Crippen LogP contribution in [0.1, 0.15) is 40.0 Å². The van der Waals surface area contributed by atoms with Gasteiger partial charge in [-0.05, 0) is 24.9 Å². The molecule has 0 rings (SSSR count). The number of rotatable bonds is 5. The molecule has 0 aromatic carbocycles. The van der Waals surface area contributed by atoms with Crippen molar-refractivity contribution in [2.45, 2.75) is 45.2 Å². The molecule has 0 aliphatic carbocycles. The van der Waals surface area contributed by atoms with Crippen LogP contribution in [-0.2, 0) is 9.53 Å². The first kappa shape index (κ1) is 11.9. The first-order valence-corrected chi connectivity index (χ1v) is 5.10. The average Bonchev–Trinajstić information content (AvgIpc) is 2.05. The molecule has 0 radical (unpaired) electrons. The van der Waals surface area contributed by atoms with Crippen molar-refractivity contribution in [1.82, 2.24) is 0 Å². The monoisotopic (exact) mass is 190 g/mol. The largest absolute Gasteiger partial charge is 0.466 e. The van der Waals surface area contributed by atoms with E-state index in [9.17, 15) is 4.79 Å². The molecule has 0 fully saturated rings. The van der Waals surface area contributed by atoms with Crippen LogP contribution in [0.2, 0.25) is 0 Å². The fourth-order valence-corrected chi connectivity index (χ4v) is 1.17. The number of carbonyl (C=O) groups is 1. The van der Waals surface area contributed by atoms with E-state index >= 15 is 0 Å². The number of hydrogen-bond acceptors (Lipinski definition) is 2. The van der Waals surface area contributed by atoms with Crippen molar-refractivity contribution in [2.24, 2.45) is 0 Å². The van der Waals surface area contributed by atoms with E-state index in [4.69, 9.17) is 4.74 Å². The Morgan fingerprint density at radius 3 is 2.17 bits per heavy atom. The van der Waals surface area contributed by atoms with Gasteiger partial charge in [-0.3, -0.25) is 4.79 Å². The van der Waals surface area contributed by atoms with Crippen LogP contribution in [0.5, 0.6) is 0 Å². The molecule has 1 unspecified atom stereocenters. The fourth-order valence-electron chi connectivity index (χ4n) is 0.999. The average molecular weight is 190 g/mol. The molecular formula is C9H19O2P. The highest BCUT2D eigenvalue weighted by molar-refractivity contribution is 7.19. The van der Waals surface area contributed by atoms with Gasteiger partial charge in [0.1, 0.15) is 0 Å². The molecule has 0 bridgehead atoms. The minimum absolute atomic E-state index is 0.0479. The van der Waals surface area contributed by atoms with E-state index in [-0.39, 0.29) is 11.1 Å². The zero-order valence-corrected chi connectivity index (χ0v) is 9.38. The Kier molecular flexibility index (Phi) is 5.48. The summed E-state index contributed by atoms with van der Waals surface area (Å²) in [6.45, 7) is 6.50. The summed E-state index contributed by atoms with van der Waals surface area (Å²) in [5, 5.41) is 0.0479. The fraction of sp³-hybridized carbons (Fsp3) is 0.889. The summed E-state index contributed by atoms with van der Waals surface area (Å²) in [7, 11) is 2.76. The van der Waals surface area contributed by atoms with Crippen LogP contribution in [0.4, 0.5) is 0 Å². The van der Waals surface area contributed by atoms with Crippen LogP contribution in [0.25, 0.3) is 0 Å². The van der Waals surface area contributed by atoms with Gasteiger partial charge in [0.2, 0.25) is 0 Å². The second-order valence-electron chi connectivity index (χ2n) is 3.05. The summed E-state index contributed by atoms with van der Waals surface area (Å²) in [6, 6.07) is 0. The molecule has 0 spiro atoms. The van der Waals surface area contributed by atoms with Crippen LogP contribution in [-0.4, -0.2) is 17.7 Å². The summed E-state index contributed by atoms with van der Waals surface area (Å²) in [4.78, 5) is 11.1. The van der Waals surface area contributed by atoms with Crippen molar-refractivity contribution in [1.29, 1.82) is 0 Å². The molecule has 0 aromatic rings. The van der Waals surface area contributed by atoms with Crippen molar-refractivity contribution in [3.8, 4) is 0 Å². The van der Waals surface area contributed by atoms with Crippen molar-refractivity contribution >= 4 is 15.2 Å². The number of carbonyl (C=O) groups excluding carboxylic acids is 1. The van der Waals surface area contributed by atoms with Gasteiger partial charge in [0.25, 0.3) is 0 Å². The SMILES string of the molecule is CCOC(=O)CC(P)(CC)CC. The van der Waals surface area contributed by atoms with Crippen molar-refractivity contribution < 1.29 is 9.53 Å². The van der Waals surface area contributed by atoms with Gasteiger partial charge in [0.05, 0.1) is 13.0 Å². The third-order valence-electron chi connectivity index (χ3n) is 2.21. The van der Waals surface area contributed by atoms with Crippen LogP contribution in [0.3, 0.4) is 0 Å². The molecule has 0 N–H and O–H groups in total. The van der Waals surface area contributed by atoms with E-state index < -0.39 is 0 Å². The molecule has 0 heterocycles. The second-order valence-corrected chi connectivity index (χ2v) is 4.28. The van der Waals surface area contributed by atoms with Crippen LogP contribution >= 0.6 is 9.24 Å². The van der Waals surface area contributed by atoms with Gasteiger partial charge >= 0.3 is 5.97 Å². The summed E-state index contributed by atoms with van der Waals surface area (Å²) in [5.74, 6) is -0.0869. The Labute approximate surface area is 77.3 Å². The molecular weight excluding hydrogens is 171 g/mol. The Morgan fingerprint density at radius 1 is 1.33 bits per heavy atom. The third kappa shape index (κ3) is 4.06. The molecule has 1 atom stereocenters. The smallest absolute Gasteiger partial charge is 0.306 e. The first-order chi connectivity index (χ1) is 5.58. The lowest BCUT2D eigenvalue weighted by atomic mass is 9.98. The predicted octanol–water partition coefficient (Wildman–Crippen LogP) is 2.37. The minimum Gasteiger partial charge on any atom is -0.466 e. The molecule has 2 nitrogen and oxygen atoms in total. The molecule has 12 heavy (non-hydrogen) atoms. The molecule has 0 aliphatic heterocycles. The van der Waals surface area contributed by atoms with Gasteiger partial charge in [0.15, 0.2) is 0 Å². The lowest BCUT2D eigenvalue weighted by Crippen LogP contribution is -2.24. The molecule has 0 aromatic heterocycles. The highest BCUT2D eigenvalue weighted by Crippen LogP contribution is 2.30. The number of esters is 1. The van der Waals surface area contributed by atoms with E-state index in [0.717, 1.165) is 12.8 Å². The van der Waals surface area contributed by atoms with Crippen LogP contribution in [0.15, 0.2) is 0 Å². The van der Waals surface area contributed by atoms with E-state index in [1.165, 1.54) is 0 Å².